The fourth-order valence-electron chi connectivity index (χ4n) is 2.87. The molecule has 0 unspecified atom stereocenters. The van der Waals surface area contributed by atoms with Crippen LogP contribution in [-0.2, 0) is 17.9 Å². The first-order valence-corrected chi connectivity index (χ1v) is 8.25. The summed E-state index contributed by atoms with van der Waals surface area (Å²) < 4.78 is 7.88. The number of hydrogen-bond acceptors (Lipinski definition) is 2. The minimum absolute atomic E-state index is 0.119. The van der Waals surface area contributed by atoms with Crippen LogP contribution in [0.2, 0.25) is 0 Å². The number of nitrogens with one attached hydrogen (secondary N) is 1. The van der Waals surface area contributed by atoms with Gasteiger partial charge in [-0.1, -0.05) is 36.4 Å². The maximum atomic E-state index is 12.3. The van der Waals surface area contributed by atoms with Crippen LogP contribution >= 0.6 is 0 Å². The van der Waals surface area contributed by atoms with Gasteiger partial charge in [0, 0.05) is 17.8 Å². The minimum Gasteiger partial charge on any atom is -0.481 e. The van der Waals surface area contributed by atoms with Crippen molar-refractivity contribution in [2.45, 2.75) is 33.0 Å². The quantitative estimate of drug-likeness (QED) is 0.751. The van der Waals surface area contributed by atoms with E-state index in [1.807, 2.05) is 42.5 Å². The first-order chi connectivity index (χ1) is 11.7. The molecule has 0 aliphatic carbocycles. The molecule has 1 heterocycles. The molecule has 0 aliphatic rings. The monoisotopic (exact) mass is 322 g/mol. The Balaban J connectivity index is 1.66. The topological polar surface area (TPSA) is 43.3 Å². The van der Waals surface area contributed by atoms with E-state index in [9.17, 15) is 4.79 Å². The molecule has 0 spiro atoms. The number of para-hydroxylation sites is 2. The lowest BCUT2D eigenvalue weighted by Crippen LogP contribution is -2.36. The molecule has 124 valence electrons. The molecule has 1 aromatic heterocycles. The molecule has 0 aliphatic heterocycles. The van der Waals surface area contributed by atoms with Crippen molar-refractivity contribution in [2.24, 2.45) is 0 Å². The van der Waals surface area contributed by atoms with Gasteiger partial charge < -0.3 is 14.6 Å². The van der Waals surface area contributed by atoms with E-state index < -0.39 is 6.10 Å². The Morgan fingerprint density at radius 3 is 2.58 bits per heavy atom. The summed E-state index contributed by atoms with van der Waals surface area (Å²) in [5.41, 5.74) is 2.29. The molecule has 0 radical (unpaired) electrons. The number of ether oxygens (including phenoxy) is 1. The number of aromatic nitrogens is 1. The summed E-state index contributed by atoms with van der Waals surface area (Å²) in [6.07, 6.45) is -0.535. The van der Waals surface area contributed by atoms with Gasteiger partial charge in [0.25, 0.3) is 5.91 Å². The number of carbonyl (C=O) groups excluding carboxylic acids is 1. The smallest absolute Gasteiger partial charge is 0.261 e. The standard InChI is InChI=1S/C20H22N2O2/c1-3-22-17(13-16-9-7-8-12-19(16)22)14-21-20(23)15(2)24-18-10-5-4-6-11-18/h4-13,15H,3,14H2,1-2H3,(H,21,23)/t15-/m0/s1. The predicted molar refractivity (Wildman–Crippen MR) is 96.0 cm³/mol. The molecular formula is C20H22N2O2. The van der Waals surface area contributed by atoms with E-state index in [1.165, 1.54) is 10.9 Å². The molecular weight excluding hydrogens is 300 g/mol. The molecule has 0 fully saturated rings. The molecule has 1 atom stereocenters. The van der Waals surface area contributed by atoms with Crippen LogP contribution in [0.5, 0.6) is 5.75 Å². The third kappa shape index (κ3) is 3.43. The molecule has 3 aromatic rings. The lowest BCUT2D eigenvalue weighted by molar-refractivity contribution is -0.127. The van der Waals surface area contributed by atoms with Crippen molar-refractivity contribution >= 4 is 16.8 Å². The highest BCUT2D eigenvalue weighted by Gasteiger charge is 2.15. The molecule has 4 nitrogen and oxygen atoms in total. The summed E-state index contributed by atoms with van der Waals surface area (Å²) in [5, 5.41) is 4.16. The van der Waals surface area contributed by atoms with Crippen LogP contribution in [0.4, 0.5) is 0 Å². The van der Waals surface area contributed by atoms with Gasteiger partial charge >= 0.3 is 0 Å². The van der Waals surface area contributed by atoms with E-state index in [2.05, 4.69) is 35.0 Å². The number of amides is 1. The third-order valence-corrected chi connectivity index (χ3v) is 4.08. The van der Waals surface area contributed by atoms with Crippen molar-refractivity contribution in [2.75, 3.05) is 0 Å². The summed E-state index contributed by atoms with van der Waals surface area (Å²) in [7, 11) is 0. The van der Waals surface area contributed by atoms with Gasteiger partial charge in [0.2, 0.25) is 0 Å². The zero-order valence-corrected chi connectivity index (χ0v) is 14.0. The van der Waals surface area contributed by atoms with Crippen molar-refractivity contribution in [1.29, 1.82) is 0 Å². The van der Waals surface area contributed by atoms with Crippen molar-refractivity contribution in [3.8, 4) is 5.75 Å². The van der Waals surface area contributed by atoms with Crippen LogP contribution in [0.25, 0.3) is 10.9 Å². The summed E-state index contributed by atoms with van der Waals surface area (Å²) >= 11 is 0. The summed E-state index contributed by atoms with van der Waals surface area (Å²) in [5.74, 6) is 0.578. The molecule has 1 N–H and O–H groups in total. The van der Waals surface area contributed by atoms with E-state index in [0.717, 1.165) is 12.2 Å². The molecule has 3 rings (SSSR count). The number of benzene rings is 2. The van der Waals surface area contributed by atoms with Gasteiger partial charge in [0.05, 0.1) is 6.54 Å². The molecule has 0 saturated carbocycles. The average Bonchev–Trinajstić information content (AvgIpc) is 2.98. The Hall–Kier alpha value is -2.75. The maximum Gasteiger partial charge on any atom is 0.261 e. The fraction of sp³-hybridized carbons (Fsp3) is 0.250. The summed E-state index contributed by atoms with van der Waals surface area (Å²) in [6.45, 7) is 5.23. The lowest BCUT2D eigenvalue weighted by Gasteiger charge is -2.15. The molecule has 2 aromatic carbocycles. The van der Waals surface area contributed by atoms with Crippen LogP contribution < -0.4 is 10.1 Å². The lowest BCUT2D eigenvalue weighted by atomic mass is 10.2. The van der Waals surface area contributed by atoms with Gasteiger partial charge in [-0.2, -0.15) is 0 Å². The van der Waals surface area contributed by atoms with E-state index in [0.29, 0.717) is 12.3 Å². The highest BCUT2D eigenvalue weighted by atomic mass is 16.5. The van der Waals surface area contributed by atoms with E-state index >= 15 is 0 Å². The van der Waals surface area contributed by atoms with Gasteiger partial charge in [-0.05, 0) is 43.5 Å². The number of hydrogen-bond donors (Lipinski definition) is 1. The molecule has 4 heteroatoms. The fourth-order valence-corrected chi connectivity index (χ4v) is 2.87. The van der Waals surface area contributed by atoms with E-state index in [-0.39, 0.29) is 5.91 Å². The Labute approximate surface area is 142 Å². The van der Waals surface area contributed by atoms with Crippen LogP contribution in [0.15, 0.2) is 60.7 Å². The largest absolute Gasteiger partial charge is 0.481 e. The Bertz CT molecular complexity index is 824. The van der Waals surface area contributed by atoms with Gasteiger partial charge in [0.15, 0.2) is 6.10 Å². The summed E-state index contributed by atoms with van der Waals surface area (Å²) in [4.78, 5) is 12.3. The SMILES string of the molecule is CCn1c(CNC(=O)[C@H](C)Oc2ccccc2)cc2ccccc21. The second-order valence-electron chi connectivity index (χ2n) is 5.73. The van der Waals surface area contributed by atoms with Crippen molar-refractivity contribution in [3.05, 3.63) is 66.4 Å². The zero-order chi connectivity index (χ0) is 16.9. The van der Waals surface area contributed by atoms with E-state index in [4.69, 9.17) is 4.74 Å². The highest BCUT2D eigenvalue weighted by molar-refractivity contribution is 5.82. The normalized spacial score (nSPS) is 12.1. The molecule has 24 heavy (non-hydrogen) atoms. The third-order valence-electron chi connectivity index (χ3n) is 4.08. The van der Waals surface area contributed by atoms with Crippen LogP contribution in [0.1, 0.15) is 19.5 Å². The van der Waals surface area contributed by atoms with Gasteiger partial charge in [-0.15, -0.1) is 0 Å². The van der Waals surface area contributed by atoms with Crippen LogP contribution in [-0.4, -0.2) is 16.6 Å². The van der Waals surface area contributed by atoms with E-state index in [1.54, 1.807) is 6.92 Å². The number of aryl methyl sites for hydroxylation is 1. The number of carbonyl (C=O) groups is 1. The molecule has 0 saturated heterocycles. The predicted octanol–water partition coefficient (Wildman–Crippen LogP) is 3.74. The second-order valence-corrected chi connectivity index (χ2v) is 5.73. The molecule has 0 bridgehead atoms. The maximum absolute atomic E-state index is 12.3. The van der Waals surface area contributed by atoms with Crippen molar-refractivity contribution in [1.82, 2.24) is 9.88 Å². The highest BCUT2D eigenvalue weighted by Crippen LogP contribution is 2.19. The minimum atomic E-state index is -0.535. The number of fused-ring (bicyclic) bond motifs is 1. The van der Waals surface area contributed by atoms with Crippen molar-refractivity contribution < 1.29 is 9.53 Å². The first-order valence-electron chi connectivity index (χ1n) is 8.25. The first kappa shape index (κ1) is 16.1. The van der Waals surface area contributed by atoms with Crippen molar-refractivity contribution in [3.63, 3.8) is 0 Å². The van der Waals surface area contributed by atoms with Gasteiger partial charge in [-0.25, -0.2) is 0 Å². The summed E-state index contributed by atoms with van der Waals surface area (Å²) in [6, 6.07) is 19.8. The number of nitrogens with zero attached hydrogens (tertiary/aromatic N) is 1. The Morgan fingerprint density at radius 1 is 1.12 bits per heavy atom. The molecule has 1 amide bonds. The number of rotatable bonds is 6. The van der Waals surface area contributed by atoms with Gasteiger partial charge in [-0.3, -0.25) is 4.79 Å². The Morgan fingerprint density at radius 2 is 1.83 bits per heavy atom. The second kappa shape index (κ2) is 7.21. The van der Waals surface area contributed by atoms with Gasteiger partial charge in [0.1, 0.15) is 5.75 Å². The van der Waals surface area contributed by atoms with Crippen LogP contribution in [0, 0.1) is 0 Å². The average molecular weight is 322 g/mol. The zero-order valence-electron chi connectivity index (χ0n) is 14.0. The Kier molecular flexibility index (Phi) is 4.85. The van der Waals surface area contributed by atoms with Crippen LogP contribution in [0.3, 0.4) is 0 Å².